The van der Waals surface area contributed by atoms with Gasteiger partial charge >= 0.3 is 11.5 Å². The first kappa shape index (κ1) is 18.0. The predicted octanol–water partition coefficient (Wildman–Crippen LogP) is 3.36. The van der Waals surface area contributed by atoms with E-state index in [1.807, 2.05) is 0 Å². The van der Waals surface area contributed by atoms with Crippen LogP contribution in [0.5, 0.6) is 0 Å². The molecule has 0 spiro atoms. The molecule has 0 amide bonds. The number of carbonyl (C=O) groups excluding carboxylic acids is 1. The van der Waals surface area contributed by atoms with Gasteiger partial charge in [0, 0.05) is 0 Å². The van der Waals surface area contributed by atoms with Gasteiger partial charge in [0.15, 0.2) is 10.0 Å². The van der Waals surface area contributed by atoms with Crippen LogP contribution in [0.4, 0.5) is 13.2 Å². The normalized spacial score (nSPS) is 36.6. The van der Waals surface area contributed by atoms with E-state index in [-0.39, 0.29) is 0 Å². The van der Waals surface area contributed by atoms with Gasteiger partial charge in [0.25, 0.3) is 0 Å². The molecule has 9 heteroatoms. The van der Waals surface area contributed by atoms with Crippen molar-refractivity contribution in [1.82, 2.24) is 0 Å². The van der Waals surface area contributed by atoms with E-state index in [0.29, 0.717) is 17.8 Å². The molecule has 4 aliphatic carbocycles. The van der Waals surface area contributed by atoms with Crippen LogP contribution < -0.4 is 0 Å². The molecule has 0 aromatic carbocycles. The molecule has 4 fully saturated rings. The van der Waals surface area contributed by atoms with Gasteiger partial charge < -0.3 is 9.46 Å². The zero-order valence-electron chi connectivity index (χ0n) is 13.4. The van der Waals surface area contributed by atoms with Gasteiger partial charge in [-0.05, 0) is 63.2 Å². The van der Waals surface area contributed by atoms with E-state index in [1.54, 1.807) is 0 Å². The molecule has 1 atom stereocenters. The lowest BCUT2D eigenvalue weighted by Gasteiger charge is -2.55. The Morgan fingerprint density at radius 1 is 1.17 bits per heavy atom. The number of halogens is 3. The molecule has 0 heterocycles. The first-order chi connectivity index (χ1) is 11.0. The maximum absolute atomic E-state index is 12.6. The van der Waals surface area contributed by atoms with Crippen LogP contribution in [0.2, 0.25) is 0 Å². The van der Waals surface area contributed by atoms with Gasteiger partial charge in [-0.15, -0.1) is 6.54 Å². The number of ether oxygens (including phenoxy) is 1. The summed E-state index contributed by atoms with van der Waals surface area (Å²) in [5.74, 6) is 1.21. The summed E-state index contributed by atoms with van der Waals surface area (Å²) >= 11 is 0. The van der Waals surface area contributed by atoms with Crippen LogP contribution in [-0.2, 0) is 19.6 Å². The fourth-order valence-corrected chi connectivity index (χ4v) is 5.53. The number of hydrogen-bond donors (Lipinski definition) is 0. The van der Waals surface area contributed by atoms with Gasteiger partial charge in [-0.1, -0.05) is 0 Å². The Hall–Kier alpha value is -0.830. The Morgan fingerprint density at radius 2 is 1.62 bits per heavy atom. The molecule has 138 valence electrons. The Morgan fingerprint density at radius 3 is 2.04 bits per heavy atom. The number of alkyl halides is 3. The number of nitrogens with zero attached hydrogens (tertiary/aromatic N) is 1. The lowest BCUT2D eigenvalue weighted by Crippen LogP contribution is -2.51. The summed E-state index contributed by atoms with van der Waals surface area (Å²) in [7, 11) is -5.54. The minimum atomic E-state index is -5.54. The third kappa shape index (κ3) is 3.29. The lowest BCUT2D eigenvalue weighted by molar-refractivity contribution is -0.175. The summed E-state index contributed by atoms with van der Waals surface area (Å²) in [6, 6.07) is 0. The highest BCUT2D eigenvalue weighted by Crippen LogP contribution is 2.60. The Bertz CT molecular complexity index is 581. The van der Waals surface area contributed by atoms with Crippen molar-refractivity contribution in [2.24, 2.45) is 23.2 Å². The second-order valence-electron chi connectivity index (χ2n) is 7.65. The number of sulfonamides is 1. The lowest BCUT2D eigenvalue weighted by atomic mass is 9.49. The summed E-state index contributed by atoms with van der Waals surface area (Å²) in [5, 5.41) is 0. The molecule has 4 saturated carbocycles. The SMILES string of the molecule is CC(C[N-]S(=O)(=O)C(F)(F)F)OC(=O)C12CC3CC(CC(C3)C1)C2. The molecule has 0 aliphatic heterocycles. The van der Waals surface area contributed by atoms with Crippen LogP contribution in [0.1, 0.15) is 45.4 Å². The molecule has 0 aromatic rings. The van der Waals surface area contributed by atoms with E-state index in [4.69, 9.17) is 4.74 Å². The molecule has 5 nitrogen and oxygen atoms in total. The molecular weight excluding hydrogens is 347 g/mol. The topological polar surface area (TPSA) is 74.5 Å². The number of esters is 1. The van der Waals surface area contributed by atoms with Crippen LogP contribution in [0.3, 0.4) is 0 Å². The quantitative estimate of drug-likeness (QED) is 0.698. The Kier molecular flexibility index (Phi) is 4.39. The van der Waals surface area contributed by atoms with Gasteiger partial charge in [0.1, 0.15) is 0 Å². The average molecular weight is 368 g/mol. The minimum absolute atomic E-state index is 0.395. The summed E-state index contributed by atoms with van der Waals surface area (Å²) in [6.07, 6.45) is 4.81. The summed E-state index contributed by atoms with van der Waals surface area (Å²) < 4.78 is 66.6. The fourth-order valence-electron chi connectivity index (χ4n) is 4.98. The monoisotopic (exact) mass is 368 g/mol. The molecule has 1 unspecified atom stereocenters. The molecule has 0 radical (unpaired) electrons. The van der Waals surface area contributed by atoms with E-state index in [0.717, 1.165) is 38.5 Å². The van der Waals surface area contributed by atoms with Crippen molar-refractivity contribution in [2.45, 2.75) is 57.1 Å². The van der Waals surface area contributed by atoms with Gasteiger partial charge in [0.05, 0.1) is 11.5 Å². The summed E-state index contributed by atoms with van der Waals surface area (Å²) in [6.45, 7) is 0.660. The number of carbonyl (C=O) groups is 1. The van der Waals surface area contributed by atoms with E-state index in [2.05, 4.69) is 4.72 Å². The fraction of sp³-hybridized carbons (Fsp3) is 0.933. The first-order valence-electron chi connectivity index (χ1n) is 8.22. The maximum atomic E-state index is 12.6. The van der Waals surface area contributed by atoms with E-state index < -0.39 is 39.6 Å². The smallest absolute Gasteiger partial charge is 0.480 e. The van der Waals surface area contributed by atoms with Crippen molar-refractivity contribution < 1.29 is 31.1 Å². The van der Waals surface area contributed by atoms with Crippen LogP contribution >= 0.6 is 0 Å². The van der Waals surface area contributed by atoms with Crippen LogP contribution in [0.25, 0.3) is 4.72 Å². The van der Waals surface area contributed by atoms with Crippen molar-refractivity contribution in [2.75, 3.05) is 6.54 Å². The van der Waals surface area contributed by atoms with Crippen molar-refractivity contribution in [3.8, 4) is 0 Å². The van der Waals surface area contributed by atoms with Crippen molar-refractivity contribution >= 4 is 16.0 Å². The van der Waals surface area contributed by atoms with Crippen LogP contribution in [-0.4, -0.2) is 32.5 Å². The standard InChI is InChI=1S/C15H21F3NO4S/c1-9(8-19-24(21,22)15(16,17)18)23-13(20)14-5-10-2-11(6-14)4-12(3-10)7-14/h9-12H,2-8H2,1H3/q-1. The molecule has 0 N–H and O–H groups in total. The second kappa shape index (κ2) is 5.86. The minimum Gasteiger partial charge on any atom is -0.538 e. The highest BCUT2D eigenvalue weighted by atomic mass is 32.2. The van der Waals surface area contributed by atoms with Crippen molar-refractivity contribution in [1.29, 1.82) is 0 Å². The predicted molar refractivity (Wildman–Crippen MR) is 79.4 cm³/mol. The third-order valence-electron chi connectivity index (χ3n) is 5.57. The molecule has 4 rings (SSSR count). The van der Waals surface area contributed by atoms with Crippen molar-refractivity contribution in [3.05, 3.63) is 4.72 Å². The molecule has 24 heavy (non-hydrogen) atoms. The van der Waals surface area contributed by atoms with E-state index in [1.165, 1.54) is 6.92 Å². The van der Waals surface area contributed by atoms with Gasteiger partial charge in [-0.2, -0.15) is 13.2 Å². The third-order valence-corrected chi connectivity index (χ3v) is 6.65. The van der Waals surface area contributed by atoms with Crippen molar-refractivity contribution in [3.63, 3.8) is 0 Å². The Balaban J connectivity index is 1.57. The van der Waals surface area contributed by atoms with E-state index in [9.17, 15) is 26.4 Å². The molecule has 4 aliphatic rings. The average Bonchev–Trinajstić information content (AvgIpc) is 2.42. The molecule has 4 bridgehead atoms. The van der Waals surface area contributed by atoms with Gasteiger partial charge in [-0.3, -0.25) is 4.79 Å². The highest BCUT2D eigenvalue weighted by molar-refractivity contribution is 7.94. The molecule has 0 saturated heterocycles. The zero-order valence-corrected chi connectivity index (χ0v) is 14.2. The second-order valence-corrected chi connectivity index (χ2v) is 9.32. The Labute approximate surface area is 139 Å². The summed E-state index contributed by atoms with van der Waals surface area (Å²) in [5.41, 5.74) is -5.94. The summed E-state index contributed by atoms with van der Waals surface area (Å²) in [4.78, 5) is 12.6. The first-order valence-corrected chi connectivity index (χ1v) is 9.66. The molecular formula is C15H21F3NO4S-. The molecule has 0 aromatic heterocycles. The maximum Gasteiger partial charge on any atom is 0.480 e. The van der Waals surface area contributed by atoms with Crippen LogP contribution in [0, 0.1) is 23.2 Å². The van der Waals surface area contributed by atoms with E-state index >= 15 is 0 Å². The van der Waals surface area contributed by atoms with Gasteiger partial charge in [0.2, 0.25) is 0 Å². The van der Waals surface area contributed by atoms with Gasteiger partial charge in [-0.25, -0.2) is 8.42 Å². The zero-order chi connectivity index (χ0) is 17.8. The number of hydrogen-bond acceptors (Lipinski definition) is 4. The highest BCUT2D eigenvalue weighted by Gasteiger charge is 2.55. The largest absolute Gasteiger partial charge is 0.538 e. The number of rotatable bonds is 5. The van der Waals surface area contributed by atoms with Crippen LogP contribution in [0.15, 0.2) is 0 Å².